The van der Waals surface area contributed by atoms with Gasteiger partial charge < -0.3 is 5.32 Å². The van der Waals surface area contributed by atoms with Gasteiger partial charge in [-0.1, -0.05) is 37.0 Å². The van der Waals surface area contributed by atoms with E-state index in [1.165, 1.54) is 4.90 Å². The normalized spacial score (nSPS) is 19.1. The summed E-state index contributed by atoms with van der Waals surface area (Å²) in [7, 11) is 0. The first kappa shape index (κ1) is 16.1. The Balaban J connectivity index is 2.36. The zero-order chi connectivity index (χ0) is 15.7. The maximum absolute atomic E-state index is 12.6. The van der Waals surface area contributed by atoms with Gasteiger partial charge in [-0.25, -0.2) is 0 Å². The van der Waals surface area contributed by atoms with E-state index < -0.39 is 6.04 Å². The Labute approximate surface area is 134 Å². The number of carbonyl (C=O) groups excluding carboxylic acids is 2. The molecule has 4 nitrogen and oxygen atoms in total. The van der Waals surface area contributed by atoms with Crippen molar-refractivity contribution in [2.24, 2.45) is 5.92 Å². The molecule has 0 radical (unpaired) electrons. The van der Waals surface area contributed by atoms with Crippen molar-refractivity contribution in [2.75, 3.05) is 11.4 Å². The number of anilines is 1. The number of benzene rings is 1. The van der Waals surface area contributed by atoms with Crippen LogP contribution in [-0.2, 0) is 9.59 Å². The van der Waals surface area contributed by atoms with Crippen LogP contribution in [0.4, 0.5) is 5.69 Å². The van der Waals surface area contributed by atoms with E-state index in [1.54, 1.807) is 12.1 Å². The number of amides is 2. The Hall–Kier alpha value is -1.26. The van der Waals surface area contributed by atoms with Crippen LogP contribution in [0.15, 0.2) is 12.1 Å². The molecule has 1 N–H and O–H groups in total. The van der Waals surface area contributed by atoms with Crippen molar-refractivity contribution < 1.29 is 9.59 Å². The van der Waals surface area contributed by atoms with Crippen LogP contribution in [0.25, 0.3) is 0 Å². The molecule has 1 aliphatic rings. The molecule has 1 aliphatic heterocycles. The van der Waals surface area contributed by atoms with E-state index in [1.807, 2.05) is 20.8 Å². The van der Waals surface area contributed by atoms with Gasteiger partial charge >= 0.3 is 0 Å². The second-order valence-corrected chi connectivity index (χ2v) is 6.54. The van der Waals surface area contributed by atoms with E-state index >= 15 is 0 Å². The number of halogens is 2. The fraction of sp³-hybridized carbons (Fsp3) is 0.467. The number of hydrogen-bond donors (Lipinski definition) is 1. The molecule has 114 valence electrons. The molecular weight excluding hydrogens is 311 g/mol. The number of piperazine rings is 1. The third-order valence-electron chi connectivity index (χ3n) is 3.43. The van der Waals surface area contributed by atoms with Crippen LogP contribution < -0.4 is 10.2 Å². The second kappa shape index (κ2) is 6.24. The van der Waals surface area contributed by atoms with Gasteiger partial charge in [0.25, 0.3) is 0 Å². The standard InChI is InChI=1S/C15H18Cl2N2O2/c1-8(2)4-12-15(21)19(7-14(20)18-12)13-6-10(16)9(3)5-11(13)17/h5-6,8,12H,4,7H2,1-3H3,(H,18,20). The number of nitrogens with zero attached hydrogens (tertiary/aromatic N) is 1. The molecular formula is C15H18Cl2N2O2. The lowest BCUT2D eigenvalue weighted by Crippen LogP contribution is -2.58. The Morgan fingerprint density at radius 1 is 1.29 bits per heavy atom. The SMILES string of the molecule is Cc1cc(Cl)c(N2CC(=O)NC(CC(C)C)C2=O)cc1Cl. The topological polar surface area (TPSA) is 49.4 Å². The highest BCUT2D eigenvalue weighted by atomic mass is 35.5. The first-order valence-corrected chi connectivity index (χ1v) is 7.61. The Kier molecular flexibility index (Phi) is 4.79. The van der Waals surface area contributed by atoms with Gasteiger partial charge in [0.2, 0.25) is 11.8 Å². The second-order valence-electron chi connectivity index (χ2n) is 5.73. The summed E-state index contributed by atoms with van der Waals surface area (Å²) < 4.78 is 0. The third kappa shape index (κ3) is 3.50. The van der Waals surface area contributed by atoms with Gasteiger partial charge in [-0.05, 0) is 37.0 Å². The molecule has 1 saturated heterocycles. The van der Waals surface area contributed by atoms with E-state index in [0.29, 0.717) is 28.1 Å². The minimum absolute atomic E-state index is 0.0352. The molecule has 0 aromatic heterocycles. The molecule has 0 aliphatic carbocycles. The summed E-state index contributed by atoms with van der Waals surface area (Å²) in [6.45, 7) is 5.82. The van der Waals surface area contributed by atoms with Crippen LogP contribution in [-0.4, -0.2) is 24.4 Å². The highest BCUT2D eigenvalue weighted by Crippen LogP contribution is 2.33. The molecule has 1 aromatic rings. The average Bonchev–Trinajstić information content (AvgIpc) is 2.37. The van der Waals surface area contributed by atoms with E-state index in [0.717, 1.165) is 5.56 Å². The minimum atomic E-state index is -0.512. The van der Waals surface area contributed by atoms with Crippen LogP contribution in [0, 0.1) is 12.8 Å². The van der Waals surface area contributed by atoms with Crippen LogP contribution >= 0.6 is 23.2 Å². The largest absolute Gasteiger partial charge is 0.343 e. The smallest absolute Gasteiger partial charge is 0.250 e. The van der Waals surface area contributed by atoms with E-state index in [9.17, 15) is 9.59 Å². The number of rotatable bonds is 3. The van der Waals surface area contributed by atoms with Gasteiger partial charge in [0.15, 0.2) is 0 Å². The molecule has 0 spiro atoms. The van der Waals surface area contributed by atoms with Crippen molar-refractivity contribution >= 4 is 40.7 Å². The summed E-state index contributed by atoms with van der Waals surface area (Å²) in [6.07, 6.45) is 0.596. The quantitative estimate of drug-likeness (QED) is 0.926. The zero-order valence-corrected chi connectivity index (χ0v) is 13.8. The highest BCUT2D eigenvalue weighted by Gasteiger charge is 2.34. The maximum atomic E-state index is 12.6. The van der Waals surface area contributed by atoms with Crippen molar-refractivity contribution in [3.05, 3.63) is 27.7 Å². The average molecular weight is 329 g/mol. The lowest BCUT2D eigenvalue weighted by Gasteiger charge is -2.33. The molecule has 21 heavy (non-hydrogen) atoms. The van der Waals surface area contributed by atoms with E-state index in [4.69, 9.17) is 23.2 Å². The molecule has 6 heteroatoms. The summed E-state index contributed by atoms with van der Waals surface area (Å²) in [5.41, 5.74) is 1.32. The molecule has 1 aromatic carbocycles. The third-order valence-corrected chi connectivity index (χ3v) is 4.14. The lowest BCUT2D eigenvalue weighted by molar-refractivity contribution is -0.131. The van der Waals surface area contributed by atoms with Gasteiger partial charge in [-0.15, -0.1) is 0 Å². The van der Waals surface area contributed by atoms with Crippen molar-refractivity contribution in [1.82, 2.24) is 5.32 Å². The number of aryl methyl sites for hydroxylation is 1. The van der Waals surface area contributed by atoms with Crippen molar-refractivity contribution in [2.45, 2.75) is 33.2 Å². The van der Waals surface area contributed by atoms with Gasteiger partial charge in [-0.2, -0.15) is 0 Å². The summed E-state index contributed by atoms with van der Waals surface area (Å²) in [5.74, 6) is -0.0330. The Morgan fingerprint density at radius 3 is 2.57 bits per heavy atom. The monoisotopic (exact) mass is 328 g/mol. The predicted molar refractivity (Wildman–Crippen MR) is 84.9 cm³/mol. The lowest BCUT2D eigenvalue weighted by atomic mass is 10.0. The highest BCUT2D eigenvalue weighted by molar-refractivity contribution is 6.36. The summed E-state index contributed by atoms with van der Waals surface area (Å²) in [5, 5.41) is 3.68. The molecule has 1 unspecified atom stereocenters. The van der Waals surface area contributed by atoms with Crippen LogP contribution in [0.2, 0.25) is 10.0 Å². The zero-order valence-electron chi connectivity index (χ0n) is 12.2. The molecule has 0 saturated carbocycles. The first-order chi connectivity index (χ1) is 9.79. The maximum Gasteiger partial charge on any atom is 0.250 e. The number of carbonyl (C=O) groups is 2. The molecule has 2 rings (SSSR count). The Morgan fingerprint density at radius 2 is 1.95 bits per heavy atom. The predicted octanol–water partition coefficient (Wildman–Crippen LogP) is 3.18. The van der Waals surface area contributed by atoms with Gasteiger partial charge in [-0.3, -0.25) is 14.5 Å². The molecule has 2 amide bonds. The van der Waals surface area contributed by atoms with Crippen molar-refractivity contribution in [1.29, 1.82) is 0 Å². The number of hydrogen-bond acceptors (Lipinski definition) is 2. The molecule has 1 atom stereocenters. The van der Waals surface area contributed by atoms with Crippen LogP contribution in [0.5, 0.6) is 0 Å². The minimum Gasteiger partial charge on any atom is -0.343 e. The van der Waals surface area contributed by atoms with Gasteiger partial charge in [0, 0.05) is 5.02 Å². The molecule has 1 heterocycles. The van der Waals surface area contributed by atoms with Gasteiger partial charge in [0.05, 0.1) is 10.7 Å². The summed E-state index contributed by atoms with van der Waals surface area (Å²) >= 11 is 12.3. The summed E-state index contributed by atoms with van der Waals surface area (Å²) in [4.78, 5) is 25.8. The van der Waals surface area contributed by atoms with Crippen LogP contribution in [0.3, 0.4) is 0 Å². The molecule has 0 bridgehead atoms. The summed E-state index contributed by atoms with van der Waals surface area (Å²) in [6, 6.07) is 2.83. The van der Waals surface area contributed by atoms with Crippen molar-refractivity contribution in [3.63, 3.8) is 0 Å². The van der Waals surface area contributed by atoms with Crippen LogP contribution in [0.1, 0.15) is 25.8 Å². The first-order valence-electron chi connectivity index (χ1n) is 6.86. The number of nitrogens with one attached hydrogen (secondary N) is 1. The Bertz CT molecular complexity index is 587. The fourth-order valence-corrected chi connectivity index (χ4v) is 2.87. The van der Waals surface area contributed by atoms with Crippen molar-refractivity contribution in [3.8, 4) is 0 Å². The van der Waals surface area contributed by atoms with Gasteiger partial charge in [0.1, 0.15) is 12.6 Å². The fourth-order valence-electron chi connectivity index (χ4n) is 2.39. The van der Waals surface area contributed by atoms with E-state index in [2.05, 4.69) is 5.32 Å². The molecule has 1 fully saturated rings. The van der Waals surface area contributed by atoms with E-state index in [-0.39, 0.29) is 18.4 Å².